The van der Waals surface area contributed by atoms with Gasteiger partial charge in [0.15, 0.2) is 0 Å². The molecule has 0 atom stereocenters. The Morgan fingerprint density at radius 2 is 1.60 bits per heavy atom. The molecule has 2 aliphatic rings. The fraction of sp³-hybridized carbons (Fsp3) is 1.00. The van der Waals surface area contributed by atoms with Gasteiger partial charge >= 0.3 is 0 Å². The Hall–Kier alpha value is -0.0800. The summed E-state index contributed by atoms with van der Waals surface area (Å²) < 4.78 is 0. The average Bonchev–Trinajstić information content (AvgIpc) is 2.71. The van der Waals surface area contributed by atoms with Crippen LogP contribution in [0.5, 0.6) is 0 Å². The van der Waals surface area contributed by atoms with Gasteiger partial charge in [-0.25, -0.2) is 0 Å². The Labute approximate surface area is 94.2 Å². The lowest BCUT2D eigenvalue weighted by Crippen LogP contribution is -2.39. The van der Waals surface area contributed by atoms with Crippen LogP contribution in [0.15, 0.2) is 0 Å². The summed E-state index contributed by atoms with van der Waals surface area (Å²) in [5, 5.41) is 0. The smallest absolute Gasteiger partial charge is 0.00134 e. The van der Waals surface area contributed by atoms with Crippen molar-refractivity contribution in [2.45, 2.75) is 51.4 Å². The van der Waals surface area contributed by atoms with Gasteiger partial charge in [-0.3, -0.25) is 0 Å². The minimum absolute atomic E-state index is 0.782. The fourth-order valence-electron chi connectivity index (χ4n) is 3.36. The lowest BCUT2D eigenvalue weighted by atomic mass is 9.77. The van der Waals surface area contributed by atoms with Gasteiger partial charge in [0.1, 0.15) is 0 Å². The summed E-state index contributed by atoms with van der Waals surface area (Å²) in [7, 11) is 0. The van der Waals surface area contributed by atoms with Gasteiger partial charge in [-0.2, -0.15) is 0 Å². The summed E-state index contributed by atoms with van der Waals surface area (Å²) >= 11 is 0. The highest BCUT2D eigenvalue weighted by Gasteiger charge is 2.36. The van der Waals surface area contributed by atoms with E-state index in [1.807, 2.05) is 0 Å². The van der Waals surface area contributed by atoms with Gasteiger partial charge in [0.25, 0.3) is 0 Å². The molecule has 2 nitrogen and oxygen atoms in total. The molecule has 0 aromatic heterocycles. The molecule has 2 rings (SSSR count). The zero-order valence-corrected chi connectivity index (χ0v) is 10.0. The standard InChI is InChI=1S/C13H26N2/c14-9-3-4-10-15-11-7-13(8-12-15)5-1-2-6-13/h1-12,14H2. The van der Waals surface area contributed by atoms with Crippen LogP contribution < -0.4 is 5.73 Å². The van der Waals surface area contributed by atoms with Gasteiger partial charge in [-0.05, 0) is 70.1 Å². The maximum Gasteiger partial charge on any atom is -0.00134 e. The quantitative estimate of drug-likeness (QED) is 0.722. The summed E-state index contributed by atoms with van der Waals surface area (Å²) in [6.45, 7) is 4.85. The van der Waals surface area contributed by atoms with Gasteiger partial charge < -0.3 is 10.6 Å². The van der Waals surface area contributed by atoms with E-state index in [-0.39, 0.29) is 0 Å². The van der Waals surface area contributed by atoms with E-state index in [1.165, 1.54) is 71.0 Å². The van der Waals surface area contributed by atoms with Gasteiger partial charge in [0.05, 0.1) is 0 Å². The van der Waals surface area contributed by atoms with Crippen molar-refractivity contribution < 1.29 is 0 Å². The van der Waals surface area contributed by atoms with Crippen LogP contribution in [0.2, 0.25) is 0 Å². The highest BCUT2D eigenvalue weighted by molar-refractivity contribution is 4.89. The zero-order chi connectivity index (χ0) is 10.6. The first-order valence-corrected chi connectivity index (χ1v) is 6.77. The Morgan fingerprint density at radius 1 is 0.933 bits per heavy atom. The zero-order valence-electron chi connectivity index (χ0n) is 10.0. The fourth-order valence-corrected chi connectivity index (χ4v) is 3.36. The molecule has 1 saturated heterocycles. The molecule has 0 aromatic rings. The molecule has 88 valence electrons. The van der Waals surface area contributed by atoms with Crippen molar-refractivity contribution in [3.05, 3.63) is 0 Å². The van der Waals surface area contributed by atoms with Crippen LogP contribution >= 0.6 is 0 Å². The molecule has 0 radical (unpaired) electrons. The molecule has 0 aromatic carbocycles. The number of piperidine rings is 1. The van der Waals surface area contributed by atoms with Crippen LogP contribution in [0.25, 0.3) is 0 Å². The Balaban J connectivity index is 1.67. The molecule has 0 unspecified atom stereocenters. The third-order valence-corrected chi connectivity index (χ3v) is 4.51. The first-order valence-electron chi connectivity index (χ1n) is 6.77. The van der Waals surface area contributed by atoms with Crippen molar-refractivity contribution in [1.82, 2.24) is 4.90 Å². The normalized spacial score (nSPS) is 26.2. The number of unbranched alkanes of at least 4 members (excludes halogenated alkanes) is 1. The minimum Gasteiger partial charge on any atom is -0.330 e. The van der Waals surface area contributed by atoms with E-state index >= 15 is 0 Å². The third kappa shape index (κ3) is 2.94. The second kappa shape index (κ2) is 5.31. The number of hydrogen-bond acceptors (Lipinski definition) is 2. The highest BCUT2D eigenvalue weighted by atomic mass is 15.1. The summed E-state index contributed by atoms with van der Waals surface area (Å²) in [5.74, 6) is 0. The molecule has 2 heteroatoms. The maximum atomic E-state index is 5.52. The van der Waals surface area contributed by atoms with E-state index in [0.29, 0.717) is 0 Å². The summed E-state index contributed by atoms with van der Waals surface area (Å²) in [5.41, 5.74) is 6.30. The molecular weight excluding hydrogens is 184 g/mol. The molecule has 0 bridgehead atoms. The van der Waals surface area contributed by atoms with E-state index in [4.69, 9.17) is 5.73 Å². The third-order valence-electron chi connectivity index (χ3n) is 4.51. The van der Waals surface area contributed by atoms with Crippen molar-refractivity contribution in [1.29, 1.82) is 0 Å². The number of hydrogen-bond donors (Lipinski definition) is 1. The van der Waals surface area contributed by atoms with Gasteiger partial charge in [0, 0.05) is 0 Å². The molecule has 15 heavy (non-hydrogen) atoms. The van der Waals surface area contributed by atoms with Crippen LogP contribution in [0.1, 0.15) is 51.4 Å². The lowest BCUT2D eigenvalue weighted by Gasteiger charge is -2.39. The molecular formula is C13H26N2. The maximum absolute atomic E-state index is 5.52. The predicted molar refractivity (Wildman–Crippen MR) is 64.9 cm³/mol. The number of nitrogens with zero attached hydrogens (tertiary/aromatic N) is 1. The van der Waals surface area contributed by atoms with Crippen molar-refractivity contribution in [2.24, 2.45) is 11.1 Å². The number of rotatable bonds is 4. The van der Waals surface area contributed by atoms with Crippen LogP contribution in [0, 0.1) is 5.41 Å². The first-order chi connectivity index (χ1) is 7.35. The largest absolute Gasteiger partial charge is 0.330 e. The van der Waals surface area contributed by atoms with E-state index in [0.717, 1.165) is 12.0 Å². The van der Waals surface area contributed by atoms with Crippen molar-refractivity contribution >= 4 is 0 Å². The topological polar surface area (TPSA) is 29.3 Å². The molecule has 1 heterocycles. The average molecular weight is 210 g/mol. The molecule has 1 aliphatic heterocycles. The number of likely N-dealkylation sites (tertiary alicyclic amines) is 1. The van der Waals surface area contributed by atoms with Crippen LogP contribution in [-0.4, -0.2) is 31.1 Å². The molecule has 0 amide bonds. The van der Waals surface area contributed by atoms with E-state index in [2.05, 4.69) is 4.90 Å². The van der Waals surface area contributed by atoms with Gasteiger partial charge in [-0.15, -0.1) is 0 Å². The second-order valence-electron chi connectivity index (χ2n) is 5.54. The summed E-state index contributed by atoms with van der Waals surface area (Å²) in [6, 6.07) is 0. The second-order valence-corrected chi connectivity index (χ2v) is 5.54. The SMILES string of the molecule is NCCCCN1CCC2(CCCC2)CC1. The molecule has 2 N–H and O–H groups in total. The van der Waals surface area contributed by atoms with Crippen molar-refractivity contribution in [2.75, 3.05) is 26.2 Å². The lowest BCUT2D eigenvalue weighted by molar-refractivity contribution is 0.107. The molecule has 1 saturated carbocycles. The summed E-state index contributed by atoms with van der Waals surface area (Å²) in [6.07, 6.45) is 11.4. The number of nitrogens with two attached hydrogens (primary N) is 1. The first kappa shape index (κ1) is 11.4. The minimum atomic E-state index is 0.782. The van der Waals surface area contributed by atoms with E-state index < -0.39 is 0 Å². The molecule has 1 spiro atoms. The highest BCUT2D eigenvalue weighted by Crippen LogP contribution is 2.45. The molecule has 1 aliphatic carbocycles. The van der Waals surface area contributed by atoms with Crippen LogP contribution in [0.4, 0.5) is 0 Å². The Morgan fingerprint density at radius 3 is 2.20 bits per heavy atom. The van der Waals surface area contributed by atoms with Gasteiger partial charge in [-0.1, -0.05) is 12.8 Å². The van der Waals surface area contributed by atoms with Crippen LogP contribution in [0.3, 0.4) is 0 Å². The monoisotopic (exact) mass is 210 g/mol. The van der Waals surface area contributed by atoms with E-state index in [9.17, 15) is 0 Å². The van der Waals surface area contributed by atoms with E-state index in [1.54, 1.807) is 0 Å². The van der Waals surface area contributed by atoms with Crippen LogP contribution in [-0.2, 0) is 0 Å². The predicted octanol–water partition coefficient (Wildman–Crippen LogP) is 2.38. The summed E-state index contributed by atoms with van der Waals surface area (Å²) in [4.78, 5) is 2.65. The Bertz CT molecular complexity index is 175. The van der Waals surface area contributed by atoms with Crippen molar-refractivity contribution in [3.63, 3.8) is 0 Å². The van der Waals surface area contributed by atoms with Gasteiger partial charge in [0.2, 0.25) is 0 Å². The molecule has 2 fully saturated rings. The van der Waals surface area contributed by atoms with Crippen molar-refractivity contribution in [3.8, 4) is 0 Å². The Kier molecular flexibility index (Phi) is 4.04.